The van der Waals surface area contributed by atoms with Crippen LogP contribution in [0.5, 0.6) is 0 Å². The van der Waals surface area contributed by atoms with Crippen LogP contribution in [-0.2, 0) is 0 Å². The highest BCUT2D eigenvalue weighted by Crippen LogP contribution is 2.27. The summed E-state index contributed by atoms with van der Waals surface area (Å²) in [6.45, 7) is 5.77. The van der Waals surface area contributed by atoms with E-state index in [0.717, 1.165) is 5.56 Å². The average molecular weight is 194 g/mol. The Morgan fingerprint density at radius 2 is 2.07 bits per heavy atom. The number of aryl methyl sites for hydroxylation is 1. The summed E-state index contributed by atoms with van der Waals surface area (Å²) in [4.78, 5) is 10.4. The van der Waals surface area contributed by atoms with E-state index in [0.29, 0.717) is 5.69 Å². The summed E-state index contributed by atoms with van der Waals surface area (Å²) in [5.41, 5.74) is 1.65. The Balaban J connectivity index is 3.15. The van der Waals surface area contributed by atoms with Gasteiger partial charge in [-0.2, -0.15) is 0 Å². The molecule has 4 nitrogen and oxygen atoms in total. The molecule has 0 saturated heterocycles. The largest absolute Gasteiger partial charge is 0.377 e. The van der Waals surface area contributed by atoms with Crippen LogP contribution in [0, 0.1) is 17.0 Å². The van der Waals surface area contributed by atoms with Gasteiger partial charge in [-0.15, -0.1) is 0 Å². The number of nitrogens with zero attached hydrogens (tertiary/aromatic N) is 1. The van der Waals surface area contributed by atoms with Crippen molar-refractivity contribution in [1.29, 1.82) is 0 Å². The predicted molar refractivity (Wildman–Crippen MR) is 56.6 cm³/mol. The van der Waals surface area contributed by atoms with Crippen molar-refractivity contribution in [3.63, 3.8) is 0 Å². The summed E-state index contributed by atoms with van der Waals surface area (Å²) in [5, 5.41) is 13.8. The standard InChI is InChI=1S/C10H14N2O2/c1-7(2)11-10-8(3)5-4-6-9(10)12(13)14/h4-7,11H,1-3H3. The highest BCUT2D eigenvalue weighted by molar-refractivity contribution is 5.66. The molecule has 0 aliphatic carbocycles. The highest BCUT2D eigenvalue weighted by atomic mass is 16.6. The molecule has 1 N–H and O–H groups in total. The van der Waals surface area contributed by atoms with Crippen LogP contribution in [0.2, 0.25) is 0 Å². The zero-order chi connectivity index (χ0) is 10.7. The fourth-order valence-electron chi connectivity index (χ4n) is 1.28. The molecule has 0 fully saturated rings. The van der Waals surface area contributed by atoms with E-state index in [4.69, 9.17) is 0 Å². The smallest absolute Gasteiger partial charge is 0.292 e. The first-order valence-corrected chi connectivity index (χ1v) is 4.53. The van der Waals surface area contributed by atoms with E-state index in [2.05, 4.69) is 5.32 Å². The molecule has 0 aliphatic heterocycles. The number of para-hydroxylation sites is 1. The van der Waals surface area contributed by atoms with Gasteiger partial charge in [0.1, 0.15) is 5.69 Å². The predicted octanol–water partition coefficient (Wildman–Crippen LogP) is 2.72. The Morgan fingerprint density at radius 1 is 1.43 bits per heavy atom. The van der Waals surface area contributed by atoms with Gasteiger partial charge in [0.2, 0.25) is 0 Å². The van der Waals surface area contributed by atoms with E-state index in [1.54, 1.807) is 6.07 Å². The van der Waals surface area contributed by atoms with E-state index in [1.165, 1.54) is 6.07 Å². The lowest BCUT2D eigenvalue weighted by Gasteiger charge is -2.12. The van der Waals surface area contributed by atoms with Gasteiger partial charge in [-0.3, -0.25) is 10.1 Å². The monoisotopic (exact) mass is 194 g/mol. The molecule has 1 rings (SSSR count). The molecule has 14 heavy (non-hydrogen) atoms. The van der Waals surface area contributed by atoms with Crippen LogP contribution < -0.4 is 5.32 Å². The van der Waals surface area contributed by atoms with Crippen LogP contribution in [0.3, 0.4) is 0 Å². The molecular formula is C10H14N2O2. The first kappa shape index (κ1) is 10.5. The lowest BCUT2D eigenvalue weighted by Crippen LogP contribution is -2.12. The van der Waals surface area contributed by atoms with Crippen LogP contribution >= 0.6 is 0 Å². The molecule has 0 atom stereocenters. The molecule has 76 valence electrons. The van der Waals surface area contributed by atoms with Crippen molar-refractivity contribution in [3.05, 3.63) is 33.9 Å². The van der Waals surface area contributed by atoms with Gasteiger partial charge < -0.3 is 5.32 Å². The number of hydrogen-bond acceptors (Lipinski definition) is 3. The molecule has 0 amide bonds. The summed E-state index contributed by atoms with van der Waals surface area (Å²) in [7, 11) is 0. The SMILES string of the molecule is Cc1cccc([N+](=O)[O-])c1NC(C)C. The number of benzene rings is 1. The van der Waals surface area contributed by atoms with Gasteiger partial charge in [0.05, 0.1) is 4.92 Å². The minimum absolute atomic E-state index is 0.138. The Morgan fingerprint density at radius 3 is 2.57 bits per heavy atom. The molecule has 0 unspecified atom stereocenters. The third-order valence-electron chi connectivity index (χ3n) is 1.88. The molecule has 0 heterocycles. The first-order valence-electron chi connectivity index (χ1n) is 4.53. The molecule has 0 saturated carbocycles. The lowest BCUT2D eigenvalue weighted by molar-refractivity contribution is -0.384. The zero-order valence-corrected chi connectivity index (χ0v) is 8.57. The van der Waals surface area contributed by atoms with Crippen LogP contribution in [0.15, 0.2) is 18.2 Å². The van der Waals surface area contributed by atoms with Gasteiger partial charge in [-0.1, -0.05) is 12.1 Å². The summed E-state index contributed by atoms with van der Waals surface area (Å²) in [5.74, 6) is 0. The third-order valence-corrected chi connectivity index (χ3v) is 1.88. The quantitative estimate of drug-likeness (QED) is 0.594. The molecule has 0 bridgehead atoms. The van der Waals surface area contributed by atoms with Crippen LogP contribution in [-0.4, -0.2) is 11.0 Å². The summed E-state index contributed by atoms with van der Waals surface area (Å²) in [6.07, 6.45) is 0. The Hall–Kier alpha value is -1.58. The number of nitrogens with one attached hydrogen (secondary N) is 1. The number of anilines is 1. The van der Waals surface area contributed by atoms with Gasteiger partial charge in [0.15, 0.2) is 0 Å². The van der Waals surface area contributed by atoms with E-state index in [9.17, 15) is 10.1 Å². The normalized spacial score (nSPS) is 10.3. The Labute approximate surface area is 83.1 Å². The van der Waals surface area contributed by atoms with Gasteiger partial charge >= 0.3 is 0 Å². The molecular weight excluding hydrogens is 180 g/mol. The Kier molecular flexibility index (Phi) is 3.06. The highest BCUT2D eigenvalue weighted by Gasteiger charge is 2.15. The fourth-order valence-corrected chi connectivity index (χ4v) is 1.28. The summed E-state index contributed by atoms with van der Waals surface area (Å²) in [6, 6.07) is 5.25. The van der Waals surface area contributed by atoms with Gasteiger partial charge in [-0.25, -0.2) is 0 Å². The van der Waals surface area contributed by atoms with Crippen molar-refractivity contribution >= 4 is 11.4 Å². The second kappa shape index (κ2) is 4.09. The van der Waals surface area contributed by atoms with E-state index >= 15 is 0 Å². The van der Waals surface area contributed by atoms with Gasteiger partial charge in [0, 0.05) is 12.1 Å². The van der Waals surface area contributed by atoms with Crippen molar-refractivity contribution in [1.82, 2.24) is 0 Å². The van der Waals surface area contributed by atoms with Gasteiger partial charge in [-0.05, 0) is 26.3 Å². The van der Waals surface area contributed by atoms with Crippen molar-refractivity contribution in [2.45, 2.75) is 26.8 Å². The number of rotatable bonds is 3. The molecule has 0 spiro atoms. The average Bonchev–Trinajstić information content (AvgIpc) is 2.07. The molecule has 1 aromatic carbocycles. The van der Waals surface area contributed by atoms with Crippen molar-refractivity contribution in [2.75, 3.05) is 5.32 Å². The first-order chi connectivity index (χ1) is 6.52. The number of hydrogen-bond donors (Lipinski definition) is 1. The van der Waals surface area contributed by atoms with Crippen LogP contribution in [0.1, 0.15) is 19.4 Å². The van der Waals surface area contributed by atoms with E-state index < -0.39 is 0 Å². The molecule has 0 radical (unpaired) electrons. The second-order valence-corrected chi connectivity index (χ2v) is 3.53. The fraction of sp³-hybridized carbons (Fsp3) is 0.400. The minimum Gasteiger partial charge on any atom is -0.377 e. The number of nitro benzene ring substituents is 1. The van der Waals surface area contributed by atoms with Crippen molar-refractivity contribution in [3.8, 4) is 0 Å². The van der Waals surface area contributed by atoms with E-state index in [1.807, 2.05) is 26.8 Å². The Bertz CT molecular complexity index is 348. The number of nitro groups is 1. The summed E-state index contributed by atoms with van der Waals surface area (Å²) < 4.78 is 0. The van der Waals surface area contributed by atoms with Crippen LogP contribution in [0.25, 0.3) is 0 Å². The van der Waals surface area contributed by atoms with Crippen molar-refractivity contribution < 1.29 is 4.92 Å². The maximum atomic E-state index is 10.7. The van der Waals surface area contributed by atoms with E-state index in [-0.39, 0.29) is 16.7 Å². The lowest BCUT2D eigenvalue weighted by atomic mass is 10.1. The summed E-state index contributed by atoms with van der Waals surface area (Å²) >= 11 is 0. The second-order valence-electron chi connectivity index (χ2n) is 3.53. The van der Waals surface area contributed by atoms with Crippen molar-refractivity contribution in [2.24, 2.45) is 0 Å². The van der Waals surface area contributed by atoms with Crippen LogP contribution in [0.4, 0.5) is 11.4 Å². The molecule has 4 heteroatoms. The minimum atomic E-state index is -0.363. The third kappa shape index (κ3) is 2.22. The maximum absolute atomic E-state index is 10.7. The van der Waals surface area contributed by atoms with Gasteiger partial charge in [0.25, 0.3) is 5.69 Å². The molecule has 1 aromatic rings. The molecule has 0 aromatic heterocycles. The zero-order valence-electron chi connectivity index (χ0n) is 8.57. The maximum Gasteiger partial charge on any atom is 0.292 e. The molecule has 0 aliphatic rings. The topological polar surface area (TPSA) is 55.2 Å².